The van der Waals surface area contributed by atoms with Crippen molar-refractivity contribution in [1.82, 2.24) is 14.9 Å². The summed E-state index contributed by atoms with van der Waals surface area (Å²) in [7, 11) is 4.00. The molecule has 0 aromatic carbocycles. The van der Waals surface area contributed by atoms with Crippen molar-refractivity contribution in [3.05, 3.63) is 6.07 Å². The molecule has 18 heavy (non-hydrogen) atoms. The van der Waals surface area contributed by atoms with E-state index in [4.69, 9.17) is 5.73 Å². The van der Waals surface area contributed by atoms with Gasteiger partial charge in [0.05, 0.1) is 0 Å². The topological polar surface area (TPSA) is 79.1 Å². The summed E-state index contributed by atoms with van der Waals surface area (Å²) in [6.45, 7) is 3.29. The number of likely N-dealkylation sites (tertiary alicyclic amines) is 1. The molecule has 1 saturated heterocycles. The standard InChI is InChI=1S/C12H22N6/c1-14-10-6-11(17-12(13)16-10)15-7-9-4-3-5-18(2)8-9/h6,9H,3-5,7-8H2,1-2H3,(H4,13,14,15,16,17). The minimum absolute atomic E-state index is 0.296. The van der Waals surface area contributed by atoms with Crippen molar-refractivity contribution >= 4 is 17.6 Å². The number of piperidine rings is 1. The van der Waals surface area contributed by atoms with Crippen LogP contribution < -0.4 is 16.4 Å². The molecule has 1 aromatic rings. The predicted molar refractivity (Wildman–Crippen MR) is 74.7 cm³/mol. The largest absolute Gasteiger partial charge is 0.373 e. The zero-order valence-corrected chi connectivity index (χ0v) is 11.1. The Labute approximate surface area is 108 Å². The number of aromatic nitrogens is 2. The lowest BCUT2D eigenvalue weighted by molar-refractivity contribution is 0.217. The average molecular weight is 250 g/mol. The summed E-state index contributed by atoms with van der Waals surface area (Å²) in [4.78, 5) is 10.6. The number of nitrogens with one attached hydrogen (secondary N) is 2. The normalized spacial score (nSPS) is 20.7. The van der Waals surface area contributed by atoms with Crippen LogP contribution in [0.1, 0.15) is 12.8 Å². The summed E-state index contributed by atoms with van der Waals surface area (Å²) in [5, 5.41) is 6.33. The Morgan fingerprint density at radius 3 is 2.94 bits per heavy atom. The Morgan fingerprint density at radius 2 is 2.22 bits per heavy atom. The fraction of sp³-hybridized carbons (Fsp3) is 0.667. The molecule has 0 radical (unpaired) electrons. The lowest BCUT2D eigenvalue weighted by atomic mass is 9.98. The van der Waals surface area contributed by atoms with Crippen LogP contribution in [0.3, 0.4) is 0 Å². The molecule has 0 bridgehead atoms. The Hall–Kier alpha value is -1.56. The van der Waals surface area contributed by atoms with Crippen molar-refractivity contribution < 1.29 is 0 Å². The molecular weight excluding hydrogens is 228 g/mol. The van der Waals surface area contributed by atoms with Crippen LogP contribution in [0.15, 0.2) is 6.07 Å². The van der Waals surface area contributed by atoms with Crippen LogP contribution in [0.2, 0.25) is 0 Å². The average Bonchev–Trinajstić information content (AvgIpc) is 2.36. The molecule has 0 saturated carbocycles. The first-order chi connectivity index (χ1) is 8.67. The summed E-state index contributed by atoms with van der Waals surface area (Å²) >= 11 is 0. The SMILES string of the molecule is CNc1cc(NCC2CCCN(C)C2)nc(N)n1. The van der Waals surface area contributed by atoms with E-state index in [0.717, 1.165) is 24.7 Å². The highest BCUT2D eigenvalue weighted by Gasteiger charge is 2.16. The van der Waals surface area contributed by atoms with E-state index in [1.54, 1.807) is 0 Å². The van der Waals surface area contributed by atoms with Gasteiger partial charge < -0.3 is 21.3 Å². The molecule has 1 aliphatic heterocycles. The molecule has 1 unspecified atom stereocenters. The molecule has 4 N–H and O–H groups in total. The van der Waals surface area contributed by atoms with Gasteiger partial charge in [-0.2, -0.15) is 9.97 Å². The second kappa shape index (κ2) is 5.86. The number of hydrogen-bond acceptors (Lipinski definition) is 6. The maximum absolute atomic E-state index is 5.66. The van der Waals surface area contributed by atoms with E-state index in [-0.39, 0.29) is 0 Å². The third-order valence-corrected chi connectivity index (χ3v) is 3.29. The fourth-order valence-corrected chi connectivity index (χ4v) is 2.37. The molecule has 1 aliphatic rings. The highest BCUT2D eigenvalue weighted by molar-refractivity contribution is 5.50. The van der Waals surface area contributed by atoms with Gasteiger partial charge in [0.2, 0.25) is 5.95 Å². The summed E-state index contributed by atoms with van der Waals surface area (Å²) in [5.41, 5.74) is 5.66. The number of hydrogen-bond donors (Lipinski definition) is 3. The third-order valence-electron chi connectivity index (χ3n) is 3.29. The zero-order chi connectivity index (χ0) is 13.0. The number of nitrogens with two attached hydrogens (primary N) is 1. The van der Waals surface area contributed by atoms with Gasteiger partial charge in [0, 0.05) is 26.2 Å². The van der Waals surface area contributed by atoms with Crippen LogP contribution in [0.25, 0.3) is 0 Å². The Kier molecular flexibility index (Phi) is 4.19. The van der Waals surface area contributed by atoms with Gasteiger partial charge in [0.1, 0.15) is 11.6 Å². The van der Waals surface area contributed by atoms with Crippen LogP contribution in [-0.2, 0) is 0 Å². The molecule has 0 spiro atoms. The maximum atomic E-state index is 5.66. The minimum Gasteiger partial charge on any atom is -0.373 e. The van der Waals surface area contributed by atoms with Crippen molar-refractivity contribution in [2.24, 2.45) is 5.92 Å². The van der Waals surface area contributed by atoms with Gasteiger partial charge in [-0.3, -0.25) is 0 Å². The molecule has 0 amide bonds. The van der Waals surface area contributed by atoms with Crippen molar-refractivity contribution in [3.63, 3.8) is 0 Å². The summed E-state index contributed by atoms with van der Waals surface area (Å²) in [5.74, 6) is 2.51. The molecular formula is C12H22N6. The van der Waals surface area contributed by atoms with Gasteiger partial charge >= 0.3 is 0 Å². The van der Waals surface area contributed by atoms with Crippen LogP contribution in [0.4, 0.5) is 17.6 Å². The van der Waals surface area contributed by atoms with E-state index in [9.17, 15) is 0 Å². The Bertz CT molecular complexity index is 394. The molecule has 2 heterocycles. The Morgan fingerprint density at radius 1 is 1.44 bits per heavy atom. The molecule has 100 valence electrons. The zero-order valence-electron chi connectivity index (χ0n) is 11.1. The van der Waals surface area contributed by atoms with Gasteiger partial charge in [-0.25, -0.2) is 0 Å². The molecule has 1 atom stereocenters. The van der Waals surface area contributed by atoms with Crippen LogP contribution in [0.5, 0.6) is 0 Å². The van der Waals surface area contributed by atoms with E-state index in [0.29, 0.717) is 11.9 Å². The predicted octanol–water partition coefficient (Wildman–Crippen LogP) is 0.854. The van der Waals surface area contributed by atoms with Crippen LogP contribution >= 0.6 is 0 Å². The molecule has 6 nitrogen and oxygen atoms in total. The molecule has 1 fully saturated rings. The first-order valence-electron chi connectivity index (χ1n) is 6.42. The molecule has 2 rings (SSSR count). The van der Waals surface area contributed by atoms with Gasteiger partial charge in [-0.15, -0.1) is 0 Å². The summed E-state index contributed by atoms with van der Waals surface area (Å²) < 4.78 is 0. The van der Waals surface area contributed by atoms with Crippen molar-refractivity contribution in [1.29, 1.82) is 0 Å². The van der Waals surface area contributed by atoms with E-state index >= 15 is 0 Å². The van der Waals surface area contributed by atoms with E-state index < -0.39 is 0 Å². The number of nitrogens with zero attached hydrogens (tertiary/aromatic N) is 3. The maximum Gasteiger partial charge on any atom is 0.223 e. The van der Waals surface area contributed by atoms with E-state index in [2.05, 4.69) is 32.5 Å². The monoisotopic (exact) mass is 250 g/mol. The van der Waals surface area contributed by atoms with Gasteiger partial charge in [0.25, 0.3) is 0 Å². The third kappa shape index (κ3) is 3.46. The minimum atomic E-state index is 0.296. The van der Waals surface area contributed by atoms with Gasteiger partial charge in [-0.05, 0) is 32.4 Å². The molecule has 0 aliphatic carbocycles. The fourth-order valence-electron chi connectivity index (χ4n) is 2.37. The summed E-state index contributed by atoms with van der Waals surface area (Å²) in [6.07, 6.45) is 2.55. The smallest absolute Gasteiger partial charge is 0.223 e. The van der Waals surface area contributed by atoms with Crippen molar-refractivity contribution in [2.75, 3.05) is 50.1 Å². The first kappa shape index (κ1) is 12.9. The quantitative estimate of drug-likeness (QED) is 0.735. The number of anilines is 3. The van der Waals surface area contributed by atoms with Crippen LogP contribution in [0, 0.1) is 5.92 Å². The lowest BCUT2D eigenvalue weighted by Crippen LogP contribution is -2.35. The van der Waals surface area contributed by atoms with Crippen molar-refractivity contribution in [3.8, 4) is 0 Å². The molecule has 6 heteroatoms. The van der Waals surface area contributed by atoms with Crippen LogP contribution in [-0.4, -0.2) is 48.6 Å². The van der Waals surface area contributed by atoms with E-state index in [1.807, 2.05) is 13.1 Å². The molecule has 1 aromatic heterocycles. The number of rotatable bonds is 4. The highest BCUT2D eigenvalue weighted by Crippen LogP contribution is 2.17. The first-order valence-corrected chi connectivity index (χ1v) is 6.42. The second-order valence-electron chi connectivity index (χ2n) is 4.90. The highest BCUT2D eigenvalue weighted by atomic mass is 15.1. The van der Waals surface area contributed by atoms with E-state index in [1.165, 1.54) is 19.4 Å². The van der Waals surface area contributed by atoms with Crippen molar-refractivity contribution in [2.45, 2.75) is 12.8 Å². The lowest BCUT2D eigenvalue weighted by Gasteiger charge is -2.29. The number of nitrogen functional groups attached to an aromatic ring is 1. The van der Waals surface area contributed by atoms with Gasteiger partial charge in [-0.1, -0.05) is 0 Å². The second-order valence-corrected chi connectivity index (χ2v) is 4.90. The Balaban J connectivity index is 1.91. The van der Waals surface area contributed by atoms with Gasteiger partial charge in [0.15, 0.2) is 0 Å². The summed E-state index contributed by atoms with van der Waals surface area (Å²) in [6, 6.07) is 1.88.